The van der Waals surface area contributed by atoms with E-state index in [0.29, 0.717) is 18.7 Å². The first-order valence-corrected chi connectivity index (χ1v) is 11.6. The Hall–Kier alpha value is -2.55. The fourth-order valence-electron chi connectivity index (χ4n) is 6.53. The van der Waals surface area contributed by atoms with E-state index in [1.807, 2.05) is 6.92 Å². The lowest BCUT2D eigenvalue weighted by Crippen LogP contribution is -2.47. The molecule has 0 N–H and O–H groups in total. The lowest BCUT2D eigenvalue weighted by Gasteiger charge is -2.56. The van der Waals surface area contributed by atoms with Crippen LogP contribution in [0.5, 0.6) is 5.75 Å². The van der Waals surface area contributed by atoms with Crippen molar-refractivity contribution in [3.05, 3.63) is 24.3 Å². The highest BCUT2D eigenvalue weighted by Gasteiger charge is 2.51. The van der Waals surface area contributed by atoms with Crippen molar-refractivity contribution >= 4 is 17.6 Å². The molecule has 0 radical (unpaired) electrons. The summed E-state index contributed by atoms with van der Waals surface area (Å²) in [6, 6.07) is 9.25. The number of nitrogens with zero attached hydrogens (tertiary/aromatic N) is 2. The highest BCUT2D eigenvalue weighted by Crippen LogP contribution is 2.61. The van der Waals surface area contributed by atoms with Gasteiger partial charge in [-0.2, -0.15) is 5.26 Å². The average Bonchev–Trinajstić information content (AvgIpc) is 2.72. The van der Waals surface area contributed by atoms with Crippen molar-refractivity contribution in [2.75, 3.05) is 24.7 Å². The molecule has 0 unspecified atom stereocenters. The van der Waals surface area contributed by atoms with Gasteiger partial charge in [0.05, 0.1) is 25.5 Å². The van der Waals surface area contributed by atoms with E-state index in [4.69, 9.17) is 14.7 Å². The third-order valence-electron chi connectivity index (χ3n) is 7.25. The Morgan fingerprint density at radius 3 is 2.26 bits per heavy atom. The molecule has 4 aliphatic carbocycles. The van der Waals surface area contributed by atoms with Crippen LogP contribution in [0.4, 0.5) is 5.69 Å². The molecule has 4 saturated carbocycles. The number of hydrogen-bond donors (Lipinski definition) is 0. The van der Waals surface area contributed by atoms with Crippen molar-refractivity contribution in [1.29, 1.82) is 5.26 Å². The quantitative estimate of drug-likeness (QED) is 0.546. The van der Waals surface area contributed by atoms with Gasteiger partial charge in [0.1, 0.15) is 5.75 Å². The molecular weight excluding hydrogens is 392 g/mol. The average molecular weight is 425 g/mol. The van der Waals surface area contributed by atoms with Gasteiger partial charge < -0.3 is 14.4 Å². The van der Waals surface area contributed by atoms with Gasteiger partial charge >= 0.3 is 5.97 Å². The van der Waals surface area contributed by atoms with Gasteiger partial charge in [0, 0.05) is 12.2 Å². The number of ether oxygens (including phenoxy) is 2. The van der Waals surface area contributed by atoms with E-state index >= 15 is 0 Å². The van der Waals surface area contributed by atoms with Gasteiger partial charge in [0.25, 0.3) is 5.91 Å². The predicted molar refractivity (Wildman–Crippen MR) is 116 cm³/mol. The number of nitriles is 1. The first kappa shape index (κ1) is 21.7. The minimum absolute atomic E-state index is 0.102. The summed E-state index contributed by atoms with van der Waals surface area (Å²) >= 11 is 0. The topological polar surface area (TPSA) is 79.6 Å². The molecule has 0 heterocycles. The normalized spacial score (nSPS) is 28.1. The van der Waals surface area contributed by atoms with Crippen LogP contribution < -0.4 is 9.64 Å². The van der Waals surface area contributed by atoms with Crippen LogP contribution in [0.1, 0.15) is 58.3 Å². The Morgan fingerprint density at radius 2 is 1.71 bits per heavy atom. The number of benzene rings is 1. The van der Waals surface area contributed by atoms with Crippen LogP contribution in [0.3, 0.4) is 0 Å². The summed E-state index contributed by atoms with van der Waals surface area (Å²) in [4.78, 5) is 27.0. The van der Waals surface area contributed by atoms with Gasteiger partial charge in [-0.05, 0) is 92.9 Å². The van der Waals surface area contributed by atoms with Crippen LogP contribution >= 0.6 is 0 Å². The van der Waals surface area contributed by atoms with Crippen molar-refractivity contribution in [3.63, 3.8) is 0 Å². The molecule has 1 aromatic rings. The highest BCUT2D eigenvalue weighted by atomic mass is 16.5. The van der Waals surface area contributed by atoms with Crippen LogP contribution in [0.15, 0.2) is 24.3 Å². The number of hydrogen-bond acceptors (Lipinski definition) is 5. The SMILES string of the molecule is CCOc1ccc(N(CCC#N)C(=O)COC(=O)CC23CC4CC(CC(C4)C2)C3)cc1. The molecule has 4 fully saturated rings. The van der Waals surface area contributed by atoms with Crippen molar-refractivity contribution in [2.45, 2.75) is 58.3 Å². The van der Waals surface area contributed by atoms with Gasteiger partial charge in [0.2, 0.25) is 0 Å². The minimum atomic E-state index is -0.307. The molecule has 1 aromatic carbocycles. The molecule has 4 bridgehead atoms. The van der Waals surface area contributed by atoms with Crippen LogP contribution in [0.2, 0.25) is 0 Å². The highest BCUT2D eigenvalue weighted by molar-refractivity contribution is 5.95. The van der Waals surface area contributed by atoms with E-state index in [2.05, 4.69) is 6.07 Å². The Kier molecular flexibility index (Phi) is 6.50. The van der Waals surface area contributed by atoms with Crippen LogP contribution in [0.25, 0.3) is 0 Å². The molecule has 6 nitrogen and oxygen atoms in total. The zero-order chi connectivity index (χ0) is 21.8. The van der Waals surface area contributed by atoms with Crippen molar-refractivity contribution in [2.24, 2.45) is 23.2 Å². The molecule has 4 aliphatic rings. The maximum Gasteiger partial charge on any atom is 0.306 e. The Bertz CT molecular complexity index is 807. The lowest BCUT2D eigenvalue weighted by atomic mass is 9.49. The summed E-state index contributed by atoms with van der Waals surface area (Å²) in [7, 11) is 0. The maximum atomic E-state index is 12.8. The molecule has 5 rings (SSSR count). The summed E-state index contributed by atoms with van der Waals surface area (Å²) < 4.78 is 10.9. The monoisotopic (exact) mass is 424 g/mol. The number of rotatable bonds is 9. The molecule has 0 aromatic heterocycles. The van der Waals surface area contributed by atoms with E-state index in [0.717, 1.165) is 42.8 Å². The number of carbonyl (C=O) groups excluding carboxylic acids is 2. The predicted octanol–water partition coefficient (Wildman–Crippen LogP) is 4.48. The van der Waals surface area contributed by atoms with Gasteiger partial charge in [-0.1, -0.05) is 0 Å². The molecule has 0 saturated heterocycles. The van der Waals surface area contributed by atoms with E-state index in [1.165, 1.54) is 24.2 Å². The van der Waals surface area contributed by atoms with Crippen molar-refractivity contribution in [1.82, 2.24) is 0 Å². The minimum Gasteiger partial charge on any atom is -0.494 e. The number of esters is 1. The molecule has 1 amide bonds. The van der Waals surface area contributed by atoms with Crippen molar-refractivity contribution in [3.8, 4) is 11.8 Å². The van der Waals surface area contributed by atoms with E-state index in [-0.39, 0.29) is 36.9 Å². The summed E-state index contributed by atoms with van der Waals surface area (Å²) in [5, 5.41) is 8.97. The standard InChI is InChI=1S/C25H32N2O4/c1-2-30-22-6-4-21(5-7-22)27(9-3-8-26)23(28)17-31-24(29)16-25-13-18-10-19(14-25)12-20(11-18)15-25/h4-7,18-20H,2-3,9-17H2,1H3. The third kappa shape index (κ3) is 5.03. The summed E-state index contributed by atoms with van der Waals surface area (Å²) in [6.45, 7) is 2.45. The second kappa shape index (κ2) is 9.30. The lowest BCUT2D eigenvalue weighted by molar-refractivity contribution is -0.155. The molecule has 0 atom stereocenters. The van der Waals surface area contributed by atoms with Gasteiger partial charge in [-0.15, -0.1) is 0 Å². The van der Waals surface area contributed by atoms with Gasteiger partial charge in [0.15, 0.2) is 6.61 Å². The Labute approximate surface area is 184 Å². The van der Waals surface area contributed by atoms with Crippen LogP contribution in [0, 0.1) is 34.5 Å². The van der Waals surface area contributed by atoms with Gasteiger partial charge in [-0.25, -0.2) is 0 Å². The zero-order valence-corrected chi connectivity index (χ0v) is 18.3. The summed E-state index contributed by atoms with van der Waals surface area (Å²) in [5.41, 5.74) is 0.769. The van der Waals surface area contributed by atoms with Gasteiger partial charge in [-0.3, -0.25) is 9.59 Å². The first-order chi connectivity index (χ1) is 15.0. The second-order valence-electron chi connectivity index (χ2n) is 9.64. The maximum absolute atomic E-state index is 12.8. The number of amides is 1. The molecule has 0 aliphatic heterocycles. The summed E-state index contributed by atoms with van der Waals surface area (Å²) in [5.74, 6) is 2.49. The second-order valence-corrected chi connectivity index (χ2v) is 9.64. The fourth-order valence-corrected chi connectivity index (χ4v) is 6.53. The molecule has 31 heavy (non-hydrogen) atoms. The summed E-state index contributed by atoms with van der Waals surface area (Å²) in [6.07, 6.45) is 8.08. The van der Waals surface area contributed by atoms with Crippen molar-refractivity contribution < 1.29 is 19.1 Å². The van der Waals surface area contributed by atoms with E-state index in [1.54, 1.807) is 24.3 Å². The first-order valence-electron chi connectivity index (χ1n) is 11.6. The van der Waals surface area contributed by atoms with Crippen LogP contribution in [-0.4, -0.2) is 31.6 Å². The zero-order valence-electron chi connectivity index (χ0n) is 18.3. The molecule has 0 spiro atoms. The molecule has 6 heteroatoms. The Balaban J connectivity index is 1.34. The fraction of sp³-hybridized carbons (Fsp3) is 0.640. The Morgan fingerprint density at radius 1 is 1.10 bits per heavy atom. The largest absolute Gasteiger partial charge is 0.494 e. The van der Waals surface area contributed by atoms with E-state index in [9.17, 15) is 9.59 Å². The number of anilines is 1. The smallest absolute Gasteiger partial charge is 0.306 e. The third-order valence-corrected chi connectivity index (χ3v) is 7.25. The van der Waals surface area contributed by atoms with Crippen LogP contribution in [-0.2, 0) is 14.3 Å². The molecular formula is C25H32N2O4. The van der Waals surface area contributed by atoms with E-state index < -0.39 is 0 Å². The molecule has 166 valence electrons. The number of carbonyl (C=O) groups is 2.